The minimum Gasteiger partial charge on any atom is -0.243 e. The Labute approximate surface area is 132 Å². The van der Waals surface area contributed by atoms with Gasteiger partial charge in [-0.1, -0.05) is 38.1 Å². The van der Waals surface area contributed by atoms with Crippen LogP contribution < -0.4 is 4.72 Å². The van der Waals surface area contributed by atoms with Crippen molar-refractivity contribution in [1.29, 1.82) is 0 Å². The first kappa shape index (κ1) is 17.7. The average molecular weight is 346 g/mol. The van der Waals surface area contributed by atoms with E-state index in [1.165, 1.54) is 6.20 Å². The maximum atomic E-state index is 12.6. The molecule has 1 N–H and O–H groups in total. The fourth-order valence-corrected chi connectivity index (χ4v) is 3.59. The number of sulfonamides is 1. The van der Waals surface area contributed by atoms with Crippen LogP contribution in [0.15, 0.2) is 35.5 Å². The lowest BCUT2D eigenvalue weighted by Crippen LogP contribution is -2.43. The standard InChI is InChI=1S/C15H17F3N2O2S/c1-9(2)13-8-19-14(12-7-5-4-6-11(12)13)23(21,22)20-10(3)15(16,17)18/h4-10,20H,1-3H3/t10-/m0/s1. The number of rotatable bonds is 4. The van der Waals surface area contributed by atoms with E-state index >= 15 is 0 Å². The van der Waals surface area contributed by atoms with Crippen molar-refractivity contribution in [3.63, 3.8) is 0 Å². The maximum absolute atomic E-state index is 12.6. The van der Waals surface area contributed by atoms with Crippen molar-refractivity contribution in [1.82, 2.24) is 9.71 Å². The molecular weight excluding hydrogens is 329 g/mol. The molecule has 0 saturated carbocycles. The number of hydrogen-bond donors (Lipinski definition) is 1. The van der Waals surface area contributed by atoms with E-state index < -0.39 is 27.3 Å². The molecule has 0 saturated heterocycles. The van der Waals surface area contributed by atoms with Gasteiger partial charge in [0.05, 0.1) is 0 Å². The Kier molecular flexibility index (Phi) is 4.68. The molecule has 0 radical (unpaired) electrons. The molecule has 2 aromatic rings. The molecule has 1 aromatic carbocycles. The van der Waals surface area contributed by atoms with Crippen LogP contribution in [0.3, 0.4) is 0 Å². The Hall–Kier alpha value is -1.67. The Morgan fingerprint density at radius 3 is 2.17 bits per heavy atom. The summed E-state index contributed by atoms with van der Waals surface area (Å²) < 4.78 is 64.2. The summed E-state index contributed by atoms with van der Waals surface area (Å²) in [5, 5.41) is 0.576. The zero-order chi connectivity index (χ0) is 17.4. The average Bonchev–Trinajstić information content (AvgIpc) is 2.44. The number of fused-ring (bicyclic) bond motifs is 1. The van der Waals surface area contributed by atoms with E-state index in [1.54, 1.807) is 29.0 Å². The molecule has 0 unspecified atom stereocenters. The summed E-state index contributed by atoms with van der Waals surface area (Å²) in [6, 6.07) is 4.45. The molecule has 4 nitrogen and oxygen atoms in total. The van der Waals surface area contributed by atoms with Crippen molar-refractivity contribution in [3.8, 4) is 0 Å². The van der Waals surface area contributed by atoms with Crippen LogP contribution in [0.2, 0.25) is 0 Å². The lowest BCUT2D eigenvalue weighted by Gasteiger charge is -2.18. The lowest BCUT2D eigenvalue weighted by molar-refractivity contribution is -0.147. The monoisotopic (exact) mass is 346 g/mol. The lowest BCUT2D eigenvalue weighted by atomic mass is 9.99. The van der Waals surface area contributed by atoms with Gasteiger partial charge in [0.25, 0.3) is 10.0 Å². The van der Waals surface area contributed by atoms with Crippen molar-refractivity contribution in [2.45, 2.75) is 43.9 Å². The van der Waals surface area contributed by atoms with E-state index in [4.69, 9.17) is 0 Å². The normalized spacial score (nSPS) is 14.4. The summed E-state index contributed by atoms with van der Waals surface area (Å²) in [7, 11) is -4.39. The van der Waals surface area contributed by atoms with Crippen LogP contribution in [0, 0.1) is 0 Å². The van der Waals surface area contributed by atoms with Crippen molar-refractivity contribution >= 4 is 20.8 Å². The smallest absolute Gasteiger partial charge is 0.243 e. The third kappa shape index (κ3) is 3.64. The van der Waals surface area contributed by atoms with Gasteiger partial charge in [-0.3, -0.25) is 0 Å². The van der Waals surface area contributed by atoms with Crippen LogP contribution in [0.5, 0.6) is 0 Å². The van der Waals surface area contributed by atoms with E-state index in [-0.39, 0.29) is 5.92 Å². The number of benzene rings is 1. The Bertz CT molecular complexity index is 817. The molecule has 23 heavy (non-hydrogen) atoms. The quantitative estimate of drug-likeness (QED) is 0.920. The van der Waals surface area contributed by atoms with Crippen LogP contribution in [0.1, 0.15) is 32.3 Å². The molecular formula is C15H17F3N2O2S. The summed E-state index contributed by atoms with van der Waals surface area (Å²) in [5.41, 5.74) is 0.836. The fourth-order valence-electron chi connectivity index (χ4n) is 2.22. The molecule has 0 amide bonds. The predicted molar refractivity (Wildman–Crippen MR) is 81.7 cm³/mol. The molecule has 8 heteroatoms. The van der Waals surface area contributed by atoms with Crippen molar-refractivity contribution < 1.29 is 21.6 Å². The first-order valence-electron chi connectivity index (χ1n) is 7.00. The Morgan fingerprint density at radius 1 is 1.09 bits per heavy atom. The topological polar surface area (TPSA) is 59.1 Å². The van der Waals surface area contributed by atoms with Gasteiger partial charge in [0.1, 0.15) is 6.04 Å². The summed E-state index contributed by atoms with van der Waals surface area (Å²) >= 11 is 0. The number of nitrogens with one attached hydrogen (secondary N) is 1. The number of alkyl halides is 3. The SMILES string of the molecule is CC(C)c1cnc(S(=O)(=O)N[C@@H](C)C(F)(F)F)c2ccccc12. The number of pyridine rings is 1. The second-order valence-electron chi connectivity index (χ2n) is 5.60. The van der Waals surface area contributed by atoms with E-state index in [1.807, 2.05) is 13.8 Å². The van der Waals surface area contributed by atoms with Crippen molar-refractivity contribution in [2.24, 2.45) is 0 Å². The summed E-state index contributed by atoms with van der Waals surface area (Å²) in [6.45, 7) is 4.62. The van der Waals surface area contributed by atoms with Gasteiger partial charge in [-0.25, -0.2) is 13.4 Å². The first-order valence-corrected chi connectivity index (χ1v) is 8.49. The van der Waals surface area contributed by atoms with Crippen LogP contribution in [-0.2, 0) is 10.0 Å². The molecule has 0 aliphatic rings. The second kappa shape index (κ2) is 6.09. The van der Waals surface area contributed by atoms with Gasteiger partial charge in [0.2, 0.25) is 0 Å². The summed E-state index contributed by atoms with van der Waals surface area (Å²) in [4.78, 5) is 3.92. The van der Waals surface area contributed by atoms with Crippen LogP contribution >= 0.6 is 0 Å². The molecule has 1 aromatic heterocycles. The summed E-state index contributed by atoms with van der Waals surface area (Å²) in [5.74, 6) is 0.103. The van der Waals surface area contributed by atoms with Crippen LogP contribution in [0.4, 0.5) is 13.2 Å². The van der Waals surface area contributed by atoms with E-state index in [9.17, 15) is 21.6 Å². The van der Waals surface area contributed by atoms with Gasteiger partial charge in [0.15, 0.2) is 5.03 Å². The van der Waals surface area contributed by atoms with Gasteiger partial charge >= 0.3 is 6.18 Å². The van der Waals surface area contributed by atoms with Gasteiger partial charge < -0.3 is 0 Å². The fraction of sp³-hybridized carbons (Fsp3) is 0.400. The van der Waals surface area contributed by atoms with Gasteiger partial charge in [-0.2, -0.15) is 17.9 Å². The molecule has 1 atom stereocenters. The van der Waals surface area contributed by atoms with Crippen LogP contribution in [-0.4, -0.2) is 25.6 Å². The van der Waals surface area contributed by atoms with E-state index in [2.05, 4.69) is 4.98 Å². The highest BCUT2D eigenvalue weighted by Gasteiger charge is 2.39. The number of nitrogens with zero attached hydrogens (tertiary/aromatic N) is 1. The molecule has 126 valence electrons. The zero-order valence-electron chi connectivity index (χ0n) is 12.8. The second-order valence-corrected chi connectivity index (χ2v) is 7.23. The molecule has 0 spiro atoms. The Morgan fingerprint density at radius 2 is 1.65 bits per heavy atom. The minimum absolute atomic E-state index is 0.103. The van der Waals surface area contributed by atoms with E-state index in [0.717, 1.165) is 12.5 Å². The molecule has 0 aliphatic heterocycles. The third-order valence-corrected chi connectivity index (χ3v) is 4.99. The summed E-state index contributed by atoms with van der Waals surface area (Å²) in [6.07, 6.45) is -3.26. The molecule has 0 fully saturated rings. The predicted octanol–water partition coefficient (Wildman–Crippen LogP) is 3.59. The third-order valence-electron chi connectivity index (χ3n) is 3.49. The molecule has 0 bridgehead atoms. The molecule has 2 rings (SSSR count). The highest BCUT2D eigenvalue weighted by molar-refractivity contribution is 7.89. The number of aromatic nitrogens is 1. The van der Waals surface area contributed by atoms with Crippen molar-refractivity contribution in [2.75, 3.05) is 0 Å². The van der Waals surface area contributed by atoms with Crippen molar-refractivity contribution in [3.05, 3.63) is 36.0 Å². The van der Waals surface area contributed by atoms with Gasteiger partial charge in [-0.15, -0.1) is 0 Å². The zero-order valence-corrected chi connectivity index (χ0v) is 13.7. The number of halogens is 3. The maximum Gasteiger partial charge on any atom is 0.404 e. The van der Waals surface area contributed by atoms with Crippen LogP contribution in [0.25, 0.3) is 10.8 Å². The molecule has 1 heterocycles. The van der Waals surface area contributed by atoms with Gasteiger partial charge in [0, 0.05) is 11.6 Å². The highest BCUT2D eigenvalue weighted by atomic mass is 32.2. The largest absolute Gasteiger partial charge is 0.404 e. The van der Waals surface area contributed by atoms with Gasteiger partial charge in [-0.05, 0) is 23.8 Å². The minimum atomic E-state index is -4.67. The molecule has 0 aliphatic carbocycles. The number of hydrogen-bond acceptors (Lipinski definition) is 3. The first-order chi connectivity index (χ1) is 10.5. The highest BCUT2D eigenvalue weighted by Crippen LogP contribution is 2.29. The Balaban J connectivity index is 2.58. The van der Waals surface area contributed by atoms with E-state index in [0.29, 0.717) is 10.8 Å².